The molecule has 2 saturated heterocycles. The number of nitrogen functional groups attached to an aromatic ring is 1. The van der Waals surface area contributed by atoms with Crippen LogP contribution < -0.4 is 11.1 Å². The van der Waals surface area contributed by atoms with Gasteiger partial charge < -0.3 is 15.8 Å². The lowest BCUT2D eigenvalue weighted by atomic mass is 9.78. The molecule has 2 fully saturated rings. The smallest absolute Gasteiger partial charge is 0.165 e. The number of methoxy groups -OCH3 is 1. The zero-order valence-electron chi connectivity index (χ0n) is 21.4. The molecule has 2 aliphatic rings. The summed E-state index contributed by atoms with van der Waals surface area (Å²) in [5.41, 5.74) is 11.8. The maximum atomic E-state index is 12.8. The molecule has 3 atom stereocenters. The number of fused-ring (bicyclic) bond motifs is 3. The molecule has 0 spiro atoms. The van der Waals surface area contributed by atoms with Gasteiger partial charge in [-0.1, -0.05) is 6.07 Å². The largest absolute Gasteiger partial charge is 0.385 e. The number of hydrogen-bond acceptors (Lipinski definition) is 8. The van der Waals surface area contributed by atoms with Crippen molar-refractivity contribution in [1.82, 2.24) is 34.7 Å². The minimum absolute atomic E-state index is 0.00845. The Labute approximate surface area is 215 Å². The minimum Gasteiger partial charge on any atom is -0.385 e. The minimum atomic E-state index is -0.0860. The first-order chi connectivity index (χ1) is 17.9. The highest BCUT2D eigenvalue weighted by molar-refractivity contribution is 6.00. The lowest BCUT2D eigenvalue weighted by Gasteiger charge is -2.39. The molecule has 0 aliphatic carbocycles. The average Bonchev–Trinajstić information content (AvgIpc) is 3.59. The molecule has 0 saturated carbocycles. The maximum absolute atomic E-state index is 12.8. The van der Waals surface area contributed by atoms with Crippen molar-refractivity contribution in [2.45, 2.75) is 56.5 Å². The number of Topliss-reactive ketones (excluding diaryl/α,β-unsaturated/α-hetero) is 1. The first-order valence-corrected chi connectivity index (χ1v) is 12.8. The number of ketones is 1. The van der Waals surface area contributed by atoms with E-state index in [1.54, 1.807) is 29.4 Å². The molecule has 10 heteroatoms. The number of ether oxygens (including phenoxy) is 1. The standard InChI is InChI=1S/C27H32N8O2/c1-16(36)23-24(18-12-19-6-8-27(13-18,32-19)9-11-37-3)31-26-20(15-30-35(26)25(23)28)17-4-5-21(29-14-17)22-7-10-34(2)33-22/h4-5,7,10,14-15,18-19,32H,6,8-9,11-13,28H2,1-3H3. The van der Waals surface area contributed by atoms with E-state index in [0.717, 1.165) is 60.3 Å². The molecule has 4 aromatic heterocycles. The van der Waals surface area contributed by atoms with E-state index in [4.69, 9.17) is 15.5 Å². The van der Waals surface area contributed by atoms with Crippen LogP contribution in [0.4, 0.5) is 5.82 Å². The monoisotopic (exact) mass is 500 g/mol. The molecule has 0 amide bonds. The molecular weight excluding hydrogens is 468 g/mol. The summed E-state index contributed by atoms with van der Waals surface area (Å²) in [6, 6.07) is 6.28. The van der Waals surface area contributed by atoms with Crippen LogP contribution in [-0.4, -0.2) is 60.4 Å². The van der Waals surface area contributed by atoms with Crippen LogP contribution in [0.3, 0.4) is 0 Å². The molecule has 0 radical (unpaired) electrons. The highest BCUT2D eigenvalue weighted by Gasteiger charge is 2.46. The van der Waals surface area contributed by atoms with Gasteiger partial charge in [0.25, 0.3) is 0 Å². The van der Waals surface area contributed by atoms with Crippen molar-refractivity contribution in [2.24, 2.45) is 7.05 Å². The summed E-state index contributed by atoms with van der Waals surface area (Å²) in [6.45, 7) is 2.26. The molecular formula is C27H32N8O2. The summed E-state index contributed by atoms with van der Waals surface area (Å²) in [5, 5.41) is 12.8. The molecule has 6 rings (SSSR count). The molecule has 0 aromatic carbocycles. The lowest BCUT2D eigenvalue weighted by Crippen LogP contribution is -2.49. The second kappa shape index (κ2) is 9.04. The van der Waals surface area contributed by atoms with E-state index in [9.17, 15) is 4.79 Å². The highest BCUT2D eigenvalue weighted by Crippen LogP contribution is 2.46. The fourth-order valence-corrected chi connectivity index (χ4v) is 6.22. The summed E-state index contributed by atoms with van der Waals surface area (Å²) in [4.78, 5) is 22.6. The zero-order chi connectivity index (χ0) is 25.7. The van der Waals surface area contributed by atoms with Gasteiger partial charge in [0, 0.05) is 61.8 Å². The van der Waals surface area contributed by atoms with Gasteiger partial charge in [-0.05, 0) is 51.2 Å². The van der Waals surface area contributed by atoms with Crippen molar-refractivity contribution >= 4 is 17.2 Å². The number of carbonyl (C=O) groups is 1. The van der Waals surface area contributed by atoms with Crippen LogP contribution in [-0.2, 0) is 11.8 Å². The van der Waals surface area contributed by atoms with Gasteiger partial charge in [-0.3, -0.25) is 14.5 Å². The fraction of sp³-hybridized carbons (Fsp3) is 0.444. The molecule has 3 unspecified atom stereocenters. The molecule has 192 valence electrons. The van der Waals surface area contributed by atoms with Crippen molar-refractivity contribution in [2.75, 3.05) is 19.5 Å². The zero-order valence-corrected chi connectivity index (χ0v) is 21.4. The van der Waals surface area contributed by atoms with Crippen molar-refractivity contribution < 1.29 is 9.53 Å². The average molecular weight is 501 g/mol. The number of nitrogens with zero attached hydrogens (tertiary/aromatic N) is 6. The molecule has 4 aromatic rings. The second-order valence-electron chi connectivity index (χ2n) is 10.5. The first-order valence-electron chi connectivity index (χ1n) is 12.8. The maximum Gasteiger partial charge on any atom is 0.165 e. The van der Waals surface area contributed by atoms with Crippen molar-refractivity contribution in [1.29, 1.82) is 0 Å². The SMILES string of the molecule is COCCC12CCC(CC(c3nc4c(-c5ccc(-c6ccn(C)n6)nc5)cnn4c(N)c3C(C)=O)C1)N2. The van der Waals surface area contributed by atoms with Gasteiger partial charge >= 0.3 is 0 Å². The number of nitrogens with two attached hydrogens (primary N) is 1. The van der Waals surface area contributed by atoms with E-state index in [-0.39, 0.29) is 17.2 Å². The lowest BCUT2D eigenvalue weighted by molar-refractivity contribution is 0.101. The third-order valence-electron chi connectivity index (χ3n) is 7.97. The van der Waals surface area contributed by atoms with Crippen LogP contribution >= 0.6 is 0 Å². The molecule has 3 N–H and O–H groups in total. The number of rotatable bonds is 7. The Morgan fingerprint density at radius 2 is 2.14 bits per heavy atom. The van der Waals surface area contributed by atoms with Gasteiger partial charge in [0.2, 0.25) is 0 Å². The number of hydrogen-bond donors (Lipinski definition) is 2. The molecule has 2 aliphatic heterocycles. The number of carbonyl (C=O) groups excluding carboxylic acids is 1. The fourth-order valence-electron chi connectivity index (χ4n) is 6.22. The topological polar surface area (TPSA) is 125 Å². The first kappa shape index (κ1) is 23.7. The molecule has 10 nitrogen and oxygen atoms in total. The van der Waals surface area contributed by atoms with E-state index in [1.807, 2.05) is 37.6 Å². The Morgan fingerprint density at radius 1 is 1.27 bits per heavy atom. The van der Waals surface area contributed by atoms with Crippen molar-refractivity contribution in [3.63, 3.8) is 0 Å². The van der Waals surface area contributed by atoms with Crippen LogP contribution in [0.2, 0.25) is 0 Å². The van der Waals surface area contributed by atoms with E-state index >= 15 is 0 Å². The van der Waals surface area contributed by atoms with Crippen LogP contribution in [0, 0.1) is 0 Å². The Kier molecular flexibility index (Phi) is 5.80. The molecule has 2 bridgehead atoms. The predicted octanol–water partition coefficient (Wildman–Crippen LogP) is 3.38. The predicted molar refractivity (Wildman–Crippen MR) is 140 cm³/mol. The number of piperidine rings is 1. The second-order valence-corrected chi connectivity index (χ2v) is 10.5. The summed E-state index contributed by atoms with van der Waals surface area (Å²) in [6.07, 6.45) is 10.5. The van der Waals surface area contributed by atoms with Gasteiger partial charge in [0.15, 0.2) is 11.4 Å². The van der Waals surface area contributed by atoms with E-state index < -0.39 is 0 Å². The van der Waals surface area contributed by atoms with Gasteiger partial charge in [0.05, 0.1) is 23.1 Å². The van der Waals surface area contributed by atoms with Crippen LogP contribution in [0.1, 0.15) is 61.0 Å². The number of aromatic nitrogens is 6. The van der Waals surface area contributed by atoms with Gasteiger partial charge in [0.1, 0.15) is 11.5 Å². The summed E-state index contributed by atoms with van der Waals surface area (Å²) in [5.74, 6) is 0.384. The van der Waals surface area contributed by atoms with E-state index in [2.05, 4.69) is 20.5 Å². The highest BCUT2D eigenvalue weighted by atomic mass is 16.5. The molecule has 6 heterocycles. The normalized spacial score (nSPS) is 23.1. The van der Waals surface area contributed by atoms with Crippen LogP contribution in [0.25, 0.3) is 28.2 Å². The Bertz CT molecular complexity index is 1470. The van der Waals surface area contributed by atoms with Crippen molar-refractivity contribution in [3.8, 4) is 22.5 Å². The summed E-state index contributed by atoms with van der Waals surface area (Å²) < 4.78 is 8.74. The van der Waals surface area contributed by atoms with E-state index in [1.165, 1.54) is 0 Å². The quantitative estimate of drug-likeness (QED) is 0.370. The number of aryl methyl sites for hydroxylation is 1. The number of pyridine rings is 1. The number of anilines is 1. The van der Waals surface area contributed by atoms with Gasteiger partial charge in [-0.25, -0.2) is 4.98 Å². The van der Waals surface area contributed by atoms with E-state index in [0.29, 0.717) is 29.7 Å². The van der Waals surface area contributed by atoms with Gasteiger partial charge in [-0.2, -0.15) is 14.7 Å². The summed E-state index contributed by atoms with van der Waals surface area (Å²) >= 11 is 0. The Balaban J connectivity index is 1.42. The van der Waals surface area contributed by atoms with Crippen molar-refractivity contribution in [3.05, 3.63) is 48.0 Å². The third-order valence-corrected chi connectivity index (χ3v) is 7.97. The third kappa shape index (κ3) is 4.10. The molecule has 37 heavy (non-hydrogen) atoms. The van der Waals surface area contributed by atoms with Gasteiger partial charge in [-0.15, -0.1) is 0 Å². The Morgan fingerprint density at radius 3 is 2.84 bits per heavy atom. The van der Waals surface area contributed by atoms with Crippen LogP contribution in [0.15, 0.2) is 36.8 Å². The van der Waals surface area contributed by atoms with Crippen LogP contribution in [0.5, 0.6) is 0 Å². The Hall–Kier alpha value is -3.63. The number of nitrogens with one attached hydrogen (secondary N) is 1. The summed E-state index contributed by atoms with van der Waals surface area (Å²) in [7, 11) is 3.62.